The van der Waals surface area contributed by atoms with Crippen LogP contribution in [0.2, 0.25) is 0 Å². The van der Waals surface area contributed by atoms with Crippen molar-refractivity contribution in [2.45, 2.75) is 25.4 Å². The van der Waals surface area contributed by atoms with Gasteiger partial charge in [0.15, 0.2) is 0 Å². The van der Waals surface area contributed by atoms with Crippen molar-refractivity contribution in [2.75, 3.05) is 0 Å². The van der Waals surface area contributed by atoms with Gasteiger partial charge >= 0.3 is 12.1 Å². The lowest BCUT2D eigenvalue weighted by Gasteiger charge is -2.22. The number of aliphatic carboxylic acids is 1. The molecule has 0 bridgehead atoms. The van der Waals surface area contributed by atoms with E-state index in [9.17, 15) is 23.1 Å². The van der Waals surface area contributed by atoms with Gasteiger partial charge in [-0.3, -0.25) is 4.79 Å². The summed E-state index contributed by atoms with van der Waals surface area (Å²) in [5.74, 6) is -1.31. The number of hydrogen-bond acceptors (Lipinski definition) is 1. The van der Waals surface area contributed by atoms with Gasteiger partial charge in [-0.2, -0.15) is 13.2 Å². The third-order valence-electron chi connectivity index (χ3n) is 3.59. The van der Waals surface area contributed by atoms with Gasteiger partial charge in [-0.15, -0.1) is 0 Å². The average Bonchev–Trinajstić information content (AvgIpc) is 2.62. The Hall–Kier alpha value is -1.50. The minimum Gasteiger partial charge on any atom is -0.481 e. The molecule has 2 aromatic rings. The minimum atomic E-state index is -4.64. The maximum atomic E-state index is 13.4. The summed E-state index contributed by atoms with van der Waals surface area (Å²) < 4.78 is 41.8. The van der Waals surface area contributed by atoms with Gasteiger partial charge in [0.05, 0.1) is 5.41 Å². The van der Waals surface area contributed by atoms with Crippen LogP contribution in [0.4, 0.5) is 13.2 Å². The molecule has 114 valence electrons. The first-order chi connectivity index (χ1) is 9.48. The molecule has 7 heteroatoms. The van der Waals surface area contributed by atoms with Crippen LogP contribution in [0.25, 0.3) is 10.9 Å². The Morgan fingerprint density at radius 1 is 1.29 bits per heavy atom. The van der Waals surface area contributed by atoms with Crippen LogP contribution in [0.5, 0.6) is 0 Å². The lowest BCUT2D eigenvalue weighted by atomic mass is 9.82. The van der Waals surface area contributed by atoms with E-state index in [4.69, 9.17) is 0 Å². The number of hydrogen-bond donors (Lipinski definition) is 1. The number of carboxylic acids is 1. The molecule has 21 heavy (non-hydrogen) atoms. The maximum Gasteiger partial charge on any atom is 0.431 e. The Bertz CT molecular complexity index is 732. The fraction of sp³-hybridized carbons (Fsp3) is 0.357. The first-order valence-corrected chi connectivity index (χ1v) is 6.86. The molecular weight excluding hydrogens is 351 g/mol. The fourth-order valence-corrected chi connectivity index (χ4v) is 2.85. The van der Waals surface area contributed by atoms with Crippen molar-refractivity contribution >= 4 is 32.8 Å². The molecule has 0 amide bonds. The van der Waals surface area contributed by atoms with Crippen molar-refractivity contribution in [3.8, 4) is 0 Å². The minimum absolute atomic E-state index is 0.221. The van der Waals surface area contributed by atoms with Crippen LogP contribution in [0, 0.1) is 0 Å². The van der Waals surface area contributed by atoms with Crippen LogP contribution in [-0.2, 0) is 23.4 Å². The van der Waals surface area contributed by atoms with Crippen molar-refractivity contribution in [1.82, 2.24) is 4.57 Å². The summed E-state index contributed by atoms with van der Waals surface area (Å²) in [6, 6.07) is 4.68. The van der Waals surface area contributed by atoms with Gasteiger partial charge in [0.1, 0.15) is 5.69 Å². The summed E-state index contributed by atoms with van der Waals surface area (Å²) in [6.07, 6.45) is -4.64. The summed E-state index contributed by atoms with van der Waals surface area (Å²) in [4.78, 5) is 11.5. The monoisotopic (exact) mass is 363 g/mol. The number of carboxylic acid groups (broad SMARTS) is 1. The van der Waals surface area contributed by atoms with E-state index in [1.54, 1.807) is 6.07 Å². The van der Waals surface area contributed by atoms with E-state index in [1.807, 2.05) is 0 Å². The fourth-order valence-electron chi connectivity index (χ4n) is 2.49. The Balaban J connectivity index is 3.02. The van der Waals surface area contributed by atoms with Crippen LogP contribution >= 0.6 is 15.9 Å². The predicted octanol–water partition coefficient (Wildman–Crippen LogP) is 4.32. The molecule has 1 heterocycles. The molecule has 0 aliphatic carbocycles. The highest BCUT2D eigenvalue weighted by molar-refractivity contribution is 9.10. The van der Waals surface area contributed by atoms with E-state index >= 15 is 0 Å². The van der Waals surface area contributed by atoms with Gasteiger partial charge in [0.2, 0.25) is 0 Å². The molecule has 1 aromatic carbocycles. The lowest BCUT2D eigenvalue weighted by molar-refractivity contribution is -0.147. The number of benzene rings is 1. The third-order valence-corrected chi connectivity index (χ3v) is 4.08. The number of aromatic nitrogens is 1. The molecule has 0 aliphatic heterocycles. The number of rotatable bonds is 2. The zero-order chi connectivity index (χ0) is 16.2. The first kappa shape index (κ1) is 15.9. The molecule has 0 radical (unpaired) electrons. The van der Waals surface area contributed by atoms with Crippen LogP contribution in [0.3, 0.4) is 0 Å². The van der Waals surface area contributed by atoms with Crippen LogP contribution in [0.15, 0.2) is 22.7 Å². The number of nitrogens with zero attached hydrogens (tertiary/aromatic N) is 1. The second-order valence-electron chi connectivity index (χ2n) is 5.37. The summed E-state index contributed by atoms with van der Waals surface area (Å²) >= 11 is 3.22. The number of aryl methyl sites for hydroxylation is 1. The van der Waals surface area contributed by atoms with E-state index in [2.05, 4.69) is 15.9 Å². The summed E-state index contributed by atoms with van der Waals surface area (Å²) in [5, 5.41) is 9.62. The second-order valence-corrected chi connectivity index (χ2v) is 6.29. The molecule has 1 N–H and O–H groups in total. The maximum absolute atomic E-state index is 13.4. The van der Waals surface area contributed by atoms with E-state index in [0.717, 1.165) is 4.57 Å². The van der Waals surface area contributed by atoms with E-state index < -0.39 is 23.3 Å². The third kappa shape index (κ3) is 2.43. The standard InChI is InChI=1S/C14H13BrF3NO2/c1-13(2,12(20)21)10-8-6-7(15)4-5-9(8)19(3)11(10)14(16,17)18/h4-6H,1-3H3,(H,20,21). The van der Waals surface area contributed by atoms with Crippen molar-refractivity contribution in [3.05, 3.63) is 33.9 Å². The van der Waals surface area contributed by atoms with Crippen molar-refractivity contribution < 1.29 is 23.1 Å². The van der Waals surface area contributed by atoms with E-state index in [-0.39, 0.29) is 10.9 Å². The Morgan fingerprint density at radius 2 is 1.86 bits per heavy atom. The van der Waals surface area contributed by atoms with Gasteiger partial charge in [0.25, 0.3) is 0 Å². The lowest BCUT2D eigenvalue weighted by Crippen LogP contribution is -2.31. The molecule has 0 fully saturated rings. The summed E-state index contributed by atoms with van der Waals surface area (Å²) in [6.45, 7) is 2.56. The molecule has 0 spiro atoms. The van der Waals surface area contributed by atoms with Gasteiger partial charge in [-0.05, 0) is 32.0 Å². The predicted molar refractivity (Wildman–Crippen MR) is 76.3 cm³/mol. The van der Waals surface area contributed by atoms with Gasteiger partial charge in [0, 0.05) is 28.0 Å². The molecule has 0 saturated carbocycles. The zero-order valence-corrected chi connectivity index (χ0v) is 13.1. The van der Waals surface area contributed by atoms with Gasteiger partial charge in [-0.1, -0.05) is 15.9 Å². The largest absolute Gasteiger partial charge is 0.481 e. The van der Waals surface area contributed by atoms with Crippen LogP contribution in [0.1, 0.15) is 25.1 Å². The molecular formula is C14H13BrF3NO2. The number of halogens is 4. The van der Waals surface area contributed by atoms with Crippen LogP contribution in [-0.4, -0.2) is 15.6 Å². The highest BCUT2D eigenvalue weighted by Crippen LogP contribution is 2.43. The topological polar surface area (TPSA) is 42.2 Å². The molecule has 3 nitrogen and oxygen atoms in total. The Kier molecular flexibility index (Phi) is 3.60. The van der Waals surface area contributed by atoms with Gasteiger partial charge in [-0.25, -0.2) is 0 Å². The Morgan fingerprint density at radius 3 is 2.33 bits per heavy atom. The molecule has 0 atom stereocenters. The average molecular weight is 364 g/mol. The highest BCUT2D eigenvalue weighted by atomic mass is 79.9. The zero-order valence-electron chi connectivity index (χ0n) is 11.5. The summed E-state index contributed by atoms with van der Waals surface area (Å²) in [5.41, 5.74) is -2.47. The smallest absolute Gasteiger partial charge is 0.431 e. The molecule has 1 aromatic heterocycles. The van der Waals surface area contributed by atoms with Crippen LogP contribution < -0.4 is 0 Å². The first-order valence-electron chi connectivity index (χ1n) is 6.07. The normalized spacial score (nSPS) is 12.9. The molecule has 0 unspecified atom stereocenters. The van der Waals surface area contributed by atoms with Crippen molar-refractivity contribution in [1.29, 1.82) is 0 Å². The molecule has 2 rings (SSSR count). The SMILES string of the molecule is Cn1c(C(F)(F)F)c(C(C)(C)C(=O)O)c2cc(Br)ccc21. The number of carbonyl (C=O) groups is 1. The quantitative estimate of drug-likeness (QED) is 0.863. The highest BCUT2D eigenvalue weighted by Gasteiger charge is 2.45. The van der Waals surface area contributed by atoms with E-state index in [1.165, 1.54) is 33.0 Å². The van der Waals surface area contributed by atoms with Crippen molar-refractivity contribution in [2.24, 2.45) is 7.05 Å². The molecule has 0 aliphatic rings. The second kappa shape index (κ2) is 4.76. The van der Waals surface area contributed by atoms with Gasteiger partial charge < -0.3 is 9.67 Å². The number of alkyl halides is 3. The Labute approximate surface area is 127 Å². The molecule has 0 saturated heterocycles. The van der Waals surface area contributed by atoms with Crippen molar-refractivity contribution in [3.63, 3.8) is 0 Å². The summed E-state index contributed by atoms with van der Waals surface area (Å²) in [7, 11) is 1.29. The number of fused-ring (bicyclic) bond motifs is 1. The van der Waals surface area contributed by atoms with E-state index in [0.29, 0.717) is 9.99 Å².